The molecule has 0 amide bonds. The van der Waals surface area contributed by atoms with Crippen LogP contribution >= 0.6 is 0 Å². The molecule has 1 nitrogen and oxygen atoms in total. The average molecular weight is 158 g/mol. The van der Waals surface area contributed by atoms with Crippen molar-refractivity contribution in [3.05, 3.63) is 0 Å². The molecule has 0 aliphatic carbocycles. The Kier molecular flexibility index (Phi) is 2.92. The third-order valence-electron chi connectivity index (χ3n) is 2.36. The molecule has 0 saturated carbocycles. The van der Waals surface area contributed by atoms with Crippen LogP contribution in [0.3, 0.4) is 0 Å². The van der Waals surface area contributed by atoms with E-state index in [0.29, 0.717) is 0 Å². The lowest BCUT2D eigenvalue weighted by molar-refractivity contribution is 0.283. The number of rotatable bonds is 4. The smallest absolute Gasteiger partial charge is 0.189 e. The molecule has 1 saturated heterocycles. The lowest BCUT2D eigenvalue weighted by Crippen LogP contribution is -2.41. The Morgan fingerprint density at radius 1 is 1.40 bits per heavy atom. The maximum atomic E-state index is 5.84. The van der Waals surface area contributed by atoms with Gasteiger partial charge in [0, 0.05) is 6.61 Å². The van der Waals surface area contributed by atoms with Crippen molar-refractivity contribution in [1.82, 2.24) is 0 Å². The molecule has 0 spiro atoms. The topological polar surface area (TPSA) is 9.23 Å². The number of hydrogen-bond acceptors (Lipinski definition) is 1. The van der Waals surface area contributed by atoms with Gasteiger partial charge in [0.05, 0.1) is 0 Å². The second-order valence-corrected chi connectivity index (χ2v) is 7.69. The SMILES string of the molecule is CCCCO[Si]1(C)CCC1. The highest BCUT2D eigenvalue weighted by Gasteiger charge is 2.35. The van der Waals surface area contributed by atoms with Gasteiger partial charge in [-0.05, 0) is 25.1 Å². The molecule has 1 aliphatic rings. The Balaban J connectivity index is 2.01. The van der Waals surface area contributed by atoms with Gasteiger partial charge in [0.25, 0.3) is 0 Å². The van der Waals surface area contributed by atoms with E-state index in [4.69, 9.17) is 4.43 Å². The zero-order valence-electron chi connectivity index (χ0n) is 7.15. The van der Waals surface area contributed by atoms with E-state index in [2.05, 4.69) is 13.5 Å². The van der Waals surface area contributed by atoms with E-state index in [0.717, 1.165) is 6.61 Å². The van der Waals surface area contributed by atoms with E-state index in [-0.39, 0.29) is 0 Å². The van der Waals surface area contributed by atoms with Gasteiger partial charge in [-0.2, -0.15) is 0 Å². The summed E-state index contributed by atoms with van der Waals surface area (Å²) in [5.74, 6) is 0. The molecule has 1 fully saturated rings. The highest BCUT2D eigenvalue weighted by Crippen LogP contribution is 2.32. The van der Waals surface area contributed by atoms with E-state index in [1.54, 1.807) is 0 Å². The minimum Gasteiger partial charge on any atom is -0.417 e. The Labute approximate surface area is 64.9 Å². The van der Waals surface area contributed by atoms with Gasteiger partial charge in [-0.1, -0.05) is 19.8 Å². The van der Waals surface area contributed by atoms with E-state index >= 15 is 0 Å². The zero-order valence-corrected chi connectivity index (χ0v) is 8.15. The van der Waals surface area contributed by atoms with Crippen LogP contribution in [0, 0.1) is 0 Å². The van der Waals surface area contributed by atoms with Crippen LogP contribution in [-0.4, -0.2) is 14.9 Å². The van der Waals surface area contributed by atoms with Crippen molar-refractivity contribution in [3.8, 4) is 0 Å². The molecule has 60 valence electrons. The van der Waals surface area contributed by atoms with Gasteiger partial charge in [0.2, 0.25) is 0 Å². The first-order valence-electron chi connectivity index (χ1n) is 4.41. The van der Waals surface area contributed by atoms with E-state index in [1.807, 2.05) is 0 Å². The number of unbranched alkanes of at least 4 members (excludes halogenated alkanes) is 1. The van der Waals surface area contributed by atoms with Gasteiger partial charge >= 0.3 is 0 Å². The van der Waals surface area contributed by atoms with Crippen molar-refractivity contribution in [2.24, 2.45) is 0 Å². The fraction of sp³-hybridized carbons (Fsp3) is 1.00. The first-order chi connectivity index (χ1) is 4.77. The molecule has 0 atom stereocenters. The maximum absolute atomic E-state index is 5.84. The summed E-state index contributed by atoms with van der Waals surface area (Å²) < 4.78 is 5.84. The molecule has 1 heterocycles. The van der Waals surface area contributed by atoms with Crippen LogP contribution in [0.15, 0.2) is 0 Å². The van der Waals surface area contributed by atoms with E-state index < -0.39 is 8.32 Å². The van der Waals surface area contributed by atoms with Crippen molar-refractivity contribution < 1.29 is 4.43 Å². The third-order valence-corrected chi connectivity index (χ3v) is 6.08. The predicted molar refractivity (Wildman–Crippen MR) is 46.7 cm³/mol. The summed E-state index contributed by atoms with van der Waals surface area (Å²) in [7, 11) is -1.03. The summed E-state index contributed by atoms with van der Waals surface area (Å²) >= 11 is 0. The Bertz CT molecular complexity index is 99.4. The molecule has 0 radical (unpaired) electrons. The van der Waals surface area contributed by atoms with Crippen molar-refractivity contribution in [2.45, 2.75) is 44.8 Å². The largest absolute Gasteiger partial charge is 0.417 e. The fourth-order valence-corrected chi connectivity index (χ4v) is 3.56. The van der Waals surface area contributed by atoms with Crippen molar-refractivity contribution in [3.63, 3.8) is 0 Å². The van der Waals surface area contributed by atoms with Crippen LogP contribution in [0.4, 0.5) is 0 Å². The van der Waals surface area contributed by atoms with Gasteiger partial charge in [-0.3, -0.25) is 0 Å². The van der Waals surface area contributed by atoms with Gasteiger partial charge in [0.15, 0.2) is 8.32 Å². The molecule has 0 aromatic heterocycles. The summed E-state index contributed by atoms with van der Waals surface area (Å²) in [6.45, 7) is 5.61. The first-order valence-corrected chi connectivity index (χ1v) is 7.23. The van der Waals surface area contributed by atoms with Crippen molar-refractivity contribution in [2.75, 3.05) is 6.61 Å². The summed E-state index contributed by atoms with van der Waals surface area (Å²) in [5, 5.41) is 0. The molecular weight excluding hydrogens is 140 g/mol. The molecule has 1 rings (SSSR count). The summed E-state index contributed by atoms with van der Waals surface area (Å²) in [6, 6.07) is 2.83. The Hall–Kier alpha value is 0.177. The van der Waals surface area contributed by atoms with Crippen LogP contribution in [0.25, 0.3) is 0 Å². The van der Waals surface area contributed by atoms with Crippen molar-refractivity contribution >= 4 is 8.32 Å². The van der Waals surface area contributed by atoms with Crippen LogP contribution in [0.1, 0.15) is 26.2 Å². The summed E-state index contributed by atoms with van der Waals surface area (Å²) in [4.78, 5) is 0. The molecular formula is C8H18OSi. The van der Waals surface area contributed by atoms with E-state index in [9.17, 15) is 0 Å². The fourth-order valence-electron chi connectivity index (χ4n) is 1.28. The normalized spacial score (nSPS) is 22.2. The minimum absolute atomic E-state index is 1.03. The Morgan fingerprint density at radius 3 is 2.50 bits per heavy atom. The zero-order chi connectivity index (χ0) is 7.45. The molecule has 1 aliphatic heterocycles. The molecule has 0 unspecified atom stereocenters. The third kappa shape index (κ3) is 2.10. The van der Waals surface area contributed by atoms with Crippen LogP contribution in [0.2, 0.25) is 18.6 Å². The lowest BCUT2D eigenvalue weighted by Gasteiger charge is -2.35. The minimum atomic E-state index is -1.03. The first kappa shape index (κ1) is 8.28. The lowest BCUT2D eigenvalue weighted by atomic mass is 10.4. The molecule has 0 bridgehead atoms. The average Bonchev–Trinajstić information content (AvgIpc) is 1.85. The van der Waals surface area contributed by atoms with Crippen LogP contribution < -0.4 is 0 Å². The molecule has 0 N–H and O–H groups in total. The summed E-state index contributed by atoms with van der Waals surface area (Å²) in [5.41, 5.74) is 0. The van der Waals surface area contributed by atoms with Gasteiger partial charge in [-0.25, -0.2) is 0 Å². The van der Waals surface area contributed by atoms with Gasteiger partial charge in [-0.15, -0.1) is 0 Å². The second kappa shape index (κ2) is 3.53. The summed E-state index contributed by atoms with van der Waals surface area (Å²) in [6.07, 6.45) is 3.95. The molecule has 0 aromatic carbocycles. The quantitative estimate of drug-likeness (QED) is 0.451. The van der Waals surface area contributed by atoms with Crippen LogP contribution in [0.5, 0.6) is 0 Å². The number of hydrogen-bond donors (Lipinski definition) is 0. The highest BCUT2D eigenvalue weighted by atomic mass is 28.4. The monoisotopic (exact) mass is 158 g/mol. The van der Waals surface area contributed by atoms with E-state index in [1.165, 1.54) is 31.4 Å². The van der Waals surface area contributed by atoms with Crippen molar-refractivity contribution in [1.29, 1.82) is 0 Å². The van der Waals surface area contributed by atoms with Gasteiger partial charge in [0.1, 0.15) is 0 Å². The predicted octanol–water partition coefficient (Wildman–Crippen LogP) is 2.78. The molecule has 0 aromatic rings. The standard InChI is InChI=1S/C8H18OSi/c1-3-4-6-9-10(2)7-5-8-10/h3-8H2,1-2H3. The highest BCUT2D eigenvalue weighted by molar-refractivity contribution is 6.75. The molecule has 10 heavy (non-hydrogen) atoms. The molecule has 2 heteroatoms. The second-order valence-electron chi connectivity index (χ2n) is 3.51. The van der Waals surface area contributed by atoms with Gasteiger partial charge < -0.3 is 4.43 Å². The van der Waals surface area contributed by atoms with Crippen LogP contribution in [-0.2, 0) is 4.43 Å². The maximum Gasteiger partial charge on any atom is 0.189 e. The Morgan fingerprint density at radius 2 is 2.10 bits per heavy atom.